The van der Waals surface area contributed by atoms with Crippen molar-refractivity contribution in [3.8, 4) is 11.5 Å². The monoisotopic (exact) mass is 440 g/mol. The highest BCUT2D eigenvalue weighted by atomic mass is 32.2. The van der Waals surface area contributed by atoms with Gasteiger partial charge in [0.25, 0.3) is 11.1 Å². The van der Waals surface area contributed by atoms with Gasteiger partial charge in [-0.15, -0.1) is 0 Å². The number of nitrogens with zero attached hydrogens (tertiary/aromatic N) is 1. The van der Waals surface area contributed by atoms with Gasteiger partial charge in [-0.25, -0.2) is 0 Å². The van der Waals surface area contributed by atoms with E-state index in [1.54, 1.807) is 36.4 Å². The minimum Gasteiger partial charge on any atom is -0.490 e. The Balaban J connectivity index is 1.73. The number of hydrogen-bond donors (Lipinski definition) is 1. The predicted octanol–water partition coefficient (Wildman–Crippen LogP) is 4.47. The Morgan fingerprint density at radius 1 is 1.06 bits per heavy atom. The van der Waals surface area contributed by atoms with Crippen molar-refractivity contribution in [1.29, 1.82) is 0 Å². The molecular weight excluding hydrogens is 416 g/mol. The Morgan fingerprint density at radius 3 is 2.48 bits per heavy atom. The fraction of sp³-hybridized carbons (Fsp3) is 0.261. The van der Waals surface area contributed by atoms with Crippen LogP contribution in [0.25, 0.3) is 6.08 Å². The van der Waals surface area contributed by atoms with Crippen molar-refractivity contribution in [1.82, 2.24) is 4.90 Å². The molecule has 7 nitrogen and oxygen atoms in total. The maximum absolute atomic E-state index is 12.7. The number of benzene rings is 2. The van der Waals surface area contributed by atoms with E-state index in [4.69, 9.17) is 9.47 Å². The lowest BCUT2D eigenvalue weighted by molar-refractivity contribution is -0.127. The number of anilines is 1. The summed E-state index contributed by atoms with van der Waals surface area (Å²) in [4.78, 5) is 38.7. The molecule has 1 aliphatic heterocycles. The lowest BCUT2D eigenvalue weighted by Crippen LogP contribution is -2.36. The second-order valence-electron chi connectivity index (χ2n) is 6.70. The summed E-state index contributed by atoms with van der Waals surface area (Å²) < 4.78 is 11.2. The molecule has 1 saturated heterocycles. The fourth-order valence-corrected chi connectivity index (χ4v) is 3.83. The van der Waals surface area contributed by atoms with Gasteiger partial charge in [-0.05, 0) is 67.9 Å². The number of nitrogens with one attached hydrogen (secondary N) is 1. The number of ether oxygens (including phenoxy) is 2. The van der Waals surface area contributed by atoms with E-state index in [-0.39, 0.29) is 11.4 Å². The molecule has 3 rings (SSSR count). The number of rotatable bonds is 8. The molecule has 8 heteroatoms. The summed E-state index contributed by atoms with van der Waals surface area (Å²) in [5, 5.41) is 2.26. The highest BCUT2D eigenvalue weighted by molar-refractivity contribution is 8.18. The largest absolute Gasteiger partial charge is 0.490 e. The van der Waals surface area contributed by atoms with Gasteiger partial charge < -0.3 is 14.8 Å². The zero-order valence-corrected chi connectivity index (χ0v) is 18.5. The Kier molecular flexibility index (Phi) is 7.36. The first-order chi connectivity index (χ1) is 14.9. The quantitative estimate of drug-likeness (QED) is 0.610. The molecule has 0 unspecified atom stereocenters. The van der Waals surface area contributed by atoms with Gasteiger partial charge in [0.05, 0.1) is 18.1 Å². The highest BCUT2D eigenvalue weighted by Gasteiger charge is 2.36. The second kappa shape index (κ2) is 10.2. The molecule has 0 aromatic heterocycles. The van der Waals surface area contributed by atoms with Crippen molar-refractivity contribution in [2.24, 2.45) is 0 Å². The van der Waals surface area contributed by atoms with Crippen LogP contribution in [0.4, 0.5) is 10.5 Å². The number of thioether (sulfide) groups is 1. The lowest BCUT2D eigenvalue weighted by atomic mass is 10.2. The first kappa shape index (κ1) is 22.4. The van der Waals surface area contributed by atoms with Crippen LogP contribution < -0.4 is 14.8 Å². The average Bonchev–Trinajstić information content (AvgIpc) is 2.99. The summed E-state index contributed by atoms with van der Waals surface area (Å²) in [7, 11) is 0. The maximum Gasteiger partial charge on any atom is 0.294 e. The highest BCUT2D eigenvalue weighted by Crippen LogP contribution is 2.34. The summed E-state index contributed by atoms with van der Waals surface area (Å²) in [6.07, 6.45) is 1.61. The van der Waals surface area contributed by atoms with Crippen molar-refractivity contribution in [3.63, 3.8) is 0 Å². The van der Waals surface area contributed by atoms with Crippen LogP contribution in [0.1, 0.15) is 25.0 Å². The summed E-state index contributed by atoms with van der Waals surface area (Å²) in [6, 6.07) is 12.6. The molecule has 0 saturated carbocycles. The Labute approximate surface area is 185 Å². The number of hydrogen-bond acceptors (Lipinski definition) is 6. The minimum atomic E-state index is -0.498. The zero-order valence-electron chi connectivity index (χ0n) is 17.6. The number of carbonyl (C=O) groups excluding carboxylic acids is 3. The van der Waals surface area contributed by atoms with E-state index in [1.807, 2.05) is 32.9 Å². The van der Waals surface area contributed by atoms with Gasteiger partial charge in [-0.1, -0.05) is 24.3 Å². The minimum absolute atomic E-state index is 0.250. The van der Waals surface area contributed by atoms with E-state index in [0.717, 1.165) is 22.2 Å². The molecule has 1 fully saturated rings. The molecule has 31 heavy (non-hydrogen) atoms. The van der Waals surface area contributed by atoms with Crippen LogP contribution in [0.2, 0.25) is 0 Å². The lowest BCUT2D eigenvalue weighted by Gasteiger charge is -2.13. The number of imide groups is 1. The molecule has 162 valence electrons. The van der Waals surface area contributed by atoms with Crippen LogP contribution in [0.15, 0.2) is 47.4 Å². The summed E-state index contributed by atoms with van der Waals surface area (Å²) >= 11 is 0.808. The van der Waals surface area contributed by atoms with Gasteiger partial charge in [0.2, 0.25) is 5.91 Å². The van der Waals surface area contributed by atoms with E-state index < -0.39 is 17.1 Å². The first-order valence-corrected chi connectivity index (χ1v) is 10.7. The molecule has 0 bridgehead atoms. The van der Waals surface area contributed by atoms with Crippen molar-refractivity contribution < 1.29 is 23.9 Å². The maximum atomic E-state index is 12.7. The number of amides is 3. The third-order valence-corrected chi connectivity index (χ3v) is 5.37. The Bertz CT molecular complexity index is 1030. The van der Waals surface area contributed by atoms with Crippen LogP contribution in [0, 0.1) is 6.92 Å². The fourth-order valence-electron chi connectivity index (χ4n) is 2.99. The summed E-state index contributed by atoms with van der Waals surface area (Å²) in [5.74, 6) is 0.247. The molecule has 0 radical (unpaired) electrons. The SMILES string of the molecule is CCOc1ccc(/C=C2/SC(=O)N(CC(=O)Nc3ccccc3C)C2=O)cc1OCC. The number of para-hydroxylation sites is 1. The van der Waals surface area contributed by atoms with Gasteiger partial charge in [0.15, 0.2) is 11.5 Å². The van der Waals surface area contributed by atoms with Crippen LogP contribution >= 0.6 is 11.8 Å². The van der Waals surface area contributed by atoms with Crippen molar-refractivity contribution in [2.75, 3.05) is 25.1 Å². The molecule has 0 aliphatic carbocycles. The van der Waals surface area contributed by atoms with E-state index in [9.17, 15) is 14.4 Å². The van der Waals surface area contributed by atoms with Crippen molar-refractivity contribution in [3.05, 3.63) is 58.5 Å². The van der Waals surface area contributed by atoms with Gasteiger partial charge in [-0.2, -0.15) is 0 Å². The van der Waals surface area contributed by atoms with Crippen molar-refractivity contribution in [2.45, 2.75) is 20.8 Å². The van der Waals surface area contributed by atoms with Crippen molar-refractivity contribution >= 4 is 40.6 Å². The van der Waals surface area contributed by atoms with Gasteiger partial charge in [0, 0.05) is 5.69 Å². The molecular formula is C23H24N2O5S. The topological polar surface area (TPSA) is 84.9 Å². The predicted molar refractivity (Wildman–Crippen MR) is 121 cm³/mol. The van der Waals surface area contributed by atoms with Gasteiger partial charge in [0.1, 0.15) is 6.54 Å². The molecule has 1 N–H and O–H groups in total. The normalized spacial score (nSPS) is 14.8. The Morgan fingerprint density at radius 2 is 1.77 bits per heavy atom. The molecule has 3 amide bonds. The van der Waals surface area contributed by atoms with E-state index >= 15 is 0 Å². The Hall–Kier alpha value is -3.26. The molecule has 0 spiro atoms. The smallest absolute Gasteiger partial charge is 0.294 e. The molecule has 0 atom stereocenters. The standard InChI is InChI=1S/C23H24N2O5S/c1-4-29-18-11-10-16(12-19(18)30-5-2)13-20-22(27)25(23(28)31-20)14-21(26)24-17-9-7-6-8-15(17)3/h6-13H,4-5,14H2,1-3H3,(H,24,26)/b20-13+. The van der Waals surface area contributed by atoms with Gasteiger partial charge >= 0.3 is 0 Å². The third kappa shape index (κ3) is 5.46. The second-order valence-corrected chi connectivity index (χ2v) is 7.70. The zero-order chi connectivity index (χ0) is 22.4. The number of aryl methyl sites for hydroxylation is 1. The number of carbonyl (C=O) groups is 3. The van der Waals surface area contributed by atoms with E-state index in [0.29, 0.717) is 36.0 Å². The van der Waals surface area contributed by atoms with E-state index in [1.165, 1.54) is 0 Å². The van der Waals surface area contributed by atoms with Crippen LogP contribution in [0.3, 0.4) is 0 Å². The average molecular weight is 441 g/mol. The van der Waals surface area contributed by atoms with Crippen LogP contribution in [0.5, 0.6) is 11.5 Å². The molecule has 1 heterocycles. The summed E-state index contributed by atoms with van der Waals surface area (Å²) in [5.41, 5.74) is 2.24. The van der Waals surface area contributed by atoms with E-state index in [2.05, 4.69) is 5.32 Å². The van der Waals surface area contributed by atoms with Crippen LogP contribution in [-0.4, -0.2) is 41.7 Å². The summed E-state index contributed by atoms with van der Waals surface area (Å²) in [6.45, 7) is 6.25. The molecule has 1 aliphatic rings. The molecule has 2 aromatic rings. The first-order valence-electron chi connectivity index (χ1n) is 9.93. The molecule has 2 aromatic carbocycles. The third-order valence-electron chi connectivity index (χ3n) is 4.46. The van der Waals surface area contributed by atoms with Gasteiger partial charge in [-0.3, -0.25) is 19.3 Å². The van der Waals surface area contributed by atoms with Crippen LogP contribution in [-0.2, 0) is 9.59 Å².